The summed E-state index contributed by atoms with van der Waals surface area (Å²) in [6.45, 7) is 8.92. The van der Waals surface area contributed by atoms with Crippen LogP contribution in [0.1, 0.15) is 85.5 Å². The molecular weight excluding hydrogens is 516 g/mol. The van der Waals surface area contributed by atoms with Gasteiger partial charge in [-0.3, -0.25) is 9.59 Å². The number of rotatable bonds is 14. The number of thioether (sulfide) groups is 1. The van der Waals surface area contributed by atoms with Crippen molar-refractivity contribution in [3.8, 4) is 0 Å². The Hall–Kier alpha value is -1.82. The predicted octanol–water partition coefficient (Wildman–Crippen LogP) is 3.69. The number of ether oxygens (including phenoxy) is 1. The zero-order valence-electron chi connectivity index (χ0n) is 22.6. The molecule has 10 nitrogen and oxygen atoms in total. The summed E-state index contributed by atoms with van der Waals surface area (Å²) in [5.41, 5.74) is -0.393. The normalized spacial score (nSPS) is 21.0. The molecule has 0 aromatic carbocycles. The maximum atomic E-state index is 11.8. The van der Waals surface area contributed by atoms with Crippen LogP contribution in [0.15, 0.2) is 0 Å². The van der Waals surface area contributed by atoms with Gasteiger partial charge >= 0.3 is 18.1 Å². The van der Waals surface area contributed by atoms with Gasteiger partial charge in [0.05, 0.1) is 17.3 Å². The second-order valence-corrected chi connectivity index (χ2v) is 12.2. The second kappa shape index (κ2) is 17.6. The lowest BCUT2D eigenvalue weighted by Crippen LogP contribution is -2.36. The third-order valence-electron chi connectivity index (χ3n) is 5.79. The first-order valence-electron chi connectivity index (χ1n) is 13.3. The van der Waals surface area contributed by atoms with E-state index in [4.69, 9.17) is 9.84 Å². The molecule has 0 aliphatic carbocycles. The molecule has 2 fully saturated rings. The number of nitrogens with one attached hydrogen (secondary N) is 4. The van der Waals surface area contributed by atoms with Crippen LogP contribution in [0.2, 0.25) is 0 Å². The van der Waals surface area contributed by atoms with Crippen LogP contribution >= 0.6 is 24.4 Å². The molecule has 4 atom stereocenters. The van der Waals surface area contributed by atoms with Crippen LogP contribution in [0.5, 0.6) is 0 Å². The molecule has 2 heterocycles. The highest BCUT2D eigenvalue weighted by molar-refractivity contribution is 8.00. The van der Waals surface area contributed by atoms with Crippen LogP contribution in [-0.2, 0) is 14.3 Å². The fraction of sp³-hybridized carbons (Fsp3) is 0.840. The fourth-order valence-corrected chi connectivity index (χ4v) is 5.58. The highest BCUT2D eigenvalue weighted by Gasteiger charge is 2.42. The summed E-state index contributed by atoms with van der Waals surface area (Å²) in [4.78, 5) is 44.7. The summed E-state index contributed by atoms with van der Waals surface area (Å²) in [6, 6.07) is 0.420. The van der Waals surface area contributed by atoms with Crippen molar-refractivity contribution in [3.63, 3.8) is 0 Å². The van der Waals surface area contributed by atoms with E-state index in [0.717, 1.165) is 50.7 Å². The molecule has 12 heteroatoms. The van der Waals surface area contributed by atoms with Crippen LogP contribution in [0, 0.1) is 0 Å². The van der Waals surface area contributed by atoms with Gasteiger partial charge in [0.25, 0.3) is 0 Å². The average Bonchev–Trinajstić information content (AvgIpc) is 3.35. The van der Waals surface area contributed by atoms with Crippen LogP contribution in [0.25, 0.3) is 0 Å². The molecule has 5 N–H and O–H groups in total. The minimum absolute atomic E-state index is 0.0495. The van der Waals surface area contributed by atoms with Gasteiger partial charge in [-0.1, -0.05) is 26.2 Å². The third-order valence-corrected chi connectivity index (χ3v) is 7.78. The molecule has 0 aromatic rings. The standard InChI is InChI=1S/C16H27N3O4S2.C9H19NO2/c20-13(17-8-4-3-5-11(24)15(21)22)7-2-1-6-12-14-10(9-25-12)18-16(23)19-14;1-5-6-7-10-8(11)12-9(2,3)4/h10-12,14,24H,1-9H2,(H,17,20)(H,21,22)(H2,18,19,23);5-7H2,1-4H3,(H,10,11). The van der Waals surface area contributed by atoms with Crippen LogP contribution in [-0.4, -0.2) is 76.1 Å². The molecule has 2 aliphatic rings. The molecule has 0 radical (unpaired) electrons. The lowest BCUT2D eigenvalue weighted by molar-refractivity contribution is -0.136. The fourth-order valence-electron chi connectivity index (χ4n) is 3.86. The molecule has 2 rings (SSSR count). The number of carboxylic acid groups (broad SMARTS) is 1. The Balaban J connectivity index is 0.000000482. The molecule has 2 aliphatic heterocycles. The number of aliphatic carboxylic acids is 1. The molecule has 0 saturated carbocycles. The Morgan fingerprint density at radius 2 is 1.81 bits per heavy atom. The van der Waals surface area contributed by atoms with E-state index in [1.807, 2.05) is 32.5 Å². The Bertz CT molecular complexity index is 734. The molecule has 4 unspecified atom stereocenters. The summed E-state index contributed by atoms with van der Waals surface area (Å²) in [7, 11) is 0. The summed E-state index contributed by atoms with van der Waals surface area (Å²) in [5.74, 6) is 0.115. The van der Waals surface area contributed by atoms with Crippen molar-refractivity contribution in [1.82, 2.24) is 21.3 Å². The van der Waals surface area contributed by atoms with E-state index in [9.17, 15) is 19.2 Å². The highest BCUT2D eigenvalue weighted by Crippen LogP contribution is 2.33. The number of urea groups is 1. The number of amides is 4. The topological polar surface area (TPSA) is 146 Å². The van der Waals surface area contributed by atoms with E-state index in [1.54, 1.807) is 0 Å². The Morgan fingerprint density at radius 3 is 2.46 bits per heavy atom. The highest BCUT2D eigenvalue weighted by atomic mass is 32.2. The van der Waals surface area contributed by atoms with Crippen molar-refractivity contribution < 1.29 is 29.0 Å². The van der Waals surface area contributed by atoms with Crippen molar-refractivity contribution in [3.05, 3.63) is 0 Å². The molecular formula is C25H46N4O6S2. The largest absolute Gasteiger partial charge is 0.480 e. The minimum atomic E-state index is -0.896. The number of alkyl carbamates (subject to hydrolysis) is 1. The van der Waals surface area contributed by atoms with Gasteiger partial charge in [-0.05, 0) is 52.9 Å². The smallest absolute Gasteiger partial charge is 0.407 e. The van der Waals surface area contributed by atoms with Gasteiger partial charge in [0.2, 0.25) is 5.91 Å². The van der Waals surface area contributed by atoms with Crippen molar-refractivity contribution in [2.45, 2.75) is 114 Å². The summed E-state index contributed by atoms with van der Waals surface area (Å²) >= 11 is 5.87. The van der Waals surface area contributed by atoms with Gasteiger partial charge < -0.3 is 31.1 Å². The maximum absolute atomic E-state index is 11.8. The van der Waals surface area contributed by atoms with E-state index >= 15 is 0 Å². The van der Waals surface area contributed by atoms with Gasteiger partial charge in [-0.2, -0.15) is 24.4 Å². The first kappa shape index (κ1) is 33.2. The first-order valence-corrected chi connectivity index (χ1v) is 14.8. The van der Waals surface area contributed by atoms with Gasteiger partial charge in [0, 0.05) is 30.5 Å². The Kier molecular flexibility index (Phi) is 15.8. The van der Waals surface area contributed by atoms with Gasteiger partial charge in [0.15, 0.2) is 0 Å². The number of carboxylic acids is 1. The average molecular weight is 563 g/mol. The van der Waals surface area contributed by atoms with Crippen molar-refractivity contribution in [2.75, 3.05) is 18.8 Å². The maximum Gasteiger partial charge on any atom is 0.407 e. The molecule has 0 spiro atoms. The minimum Gasteiger partial charge on any atom is -0.480 e. The van der Waals surface area contributed by atoms with E-state index in [2.05, 4.69) is 40.8 Å². The molecule has 214 valence electrons. The zero-order valence-corrected chi connectivity index (χ0v) is 24.3. The SMILES string of the molecule is CCCCNC(=O)OC(C)(C)C.O=C(CCCCC1SCC2NC(=O)NC21)NCCCCC(S)C(=O)O. The number of carbonyl (C=O) groups excluding carboxylic acids is 3. The lowest BCUT2D eigenvalue weighted by atomic mass is 10.0. The van der Waals surface area contributed by atoms with Crippen LogP contribution < -0.4 is 21.3 Å². The molecule has 0 aromatic heterocycles. The van der Waals surface area contributed by atoms with Gasteiger partial charge in [-0.15, -0.1) is 0 Å². The van der Waals surface area contributed by atoms with Gasteiger partial charge in [-0.25, -0.2) is 9.59 Å². The molecule has 4 amide bonds. The number of hydrogen-bond donors (Lipinski definition) is 6. The van der Waals surface area contributed by atoms with E-state index in [0.29, 0.717) is 31.2 Å². The quantitative estimate of drug-likeness (QED) is 0.108. The number of unbranched alkanes of at least 4 members (excludes halogenated alkanes) is 3. The van der Waals surface area contributed by atoms with Crippen molar-refractivity contribution >= 4 is 48.4 Å². The van der Waals surface area contributed by atoms with Gasteiger partial charge in [0.1, 0.15) is 5.60 Å². The number of fused-ring (bicyclic) bond motifs is 1. The number of carbonyl (C=O) groups is 4. The third kappa shape index (κ3) is 15.2. The van der Waals surface area contributed by atoms with Crippen molar-refractivity contribution in [2.24, 2.45) is 0 Å². The second-order valence-electron chi connectivity index (χ2n) is 10.3. The van der Waals surface area contributed by atoms with Crippen LogP contribution in [0.4, 0.5) is 9.59 Å². The van der Waals surface area contributed by atoms with Crippen molar-refractivity contribution in [1.29, 1.82) is 0 Å². The zero-order chi connectivity index (χ0) is 27.8. The summed E-state index contributed by atoms with van der Waals surface area (Å²) < 4.78 is 5.03. The molecule has 37 heavy (non-hydrogen) atoms. The number of hydrogen-bond acceptors (Lipinski definition) is 7. The molecule has 0 bridgehead atoms. The van der Waals surface area contributed by atoms with E-state index < -0.39 is 16.8 Å². The van der Waals surface area contributed by atoms with E-state index in [1.165, 1.54) is 0 Å². The Morgan fingerprint density at radius 1 is 1.11 bits per heavy atom. The lowest BCUT2D eigenvalue weighted by Gasteiger charge is -2.19. The molecule has 2 saturated heterocycles. The summed E-state index contributed by atoms with van der Waals surface area (Å²) in [6.07, 6.45) is 7.13. The summed E-state index contributed by atoms with van der Waals surface area (Å²) in [5, 5.41) is 20.0. The van der Waals surface area contributed by atoms with E-state index in [-0.39, 0.29) is 30.1 Å². The monoisotopic (exact) mass is 562 g/mol. The number of thiol groups is 1. The predicted molar refractivity (Wildman–Crippen MR) is 150 cm³/mol. The van der Waals surface area contributed by atoms with Crippen LogP contribution in [0.3, 0.4) is 0 Å². The Labute approximate surface area is 231 Å². The first-order chi connectivity index (χ1) is 17.4.